The summed E-state index contributed by atoms with van der Waals surface area (Å²) < 4.78 is 13.5. The van der Waals surface area contributed by atoms with Gasteiger partial charge >= 0.3 is 0 Å². The molecular weight excluding hydrogens is 429 g/mol. The average Bonchev–Trinajstić information content (AvgIpc) is 3.63. The molecule has 4 aromatic rings. The van der Waals surface area contributed by atoms with Crippen LogP contribution in [0.2, 0.25) is 0 Å². The van der Waals surface area contributed by atoms with Crippen molar-refractivity contribution in [2.24, 2.45) is 5.92 Å². The van der Waals surface area contributed by atoms with Gasteiger partial charge in [0.25, 0.3) is 5.91 Å². The van der Waals surface area contributed by atoms with Gasteiger partial charge in [-0.15, -0.1) is 0 Å². The van der Waals surface area contributed by atoms with Crippen molar-refractivity contribution in [3.05, 3.63) is 83.8 Å². The van der Waals surface area contributed by atoms with Crippen LogP contribution in [0.5, 0.6) is 0 Å². The molecule has 0 bridgehead atoms. The van der Waals surface area contributed by atoms with E-state index < -0.39 is 0 Å². The number of hydrogen-bond donors (Lipinski definition) is 2. The van der Waals surface area contributed by atoms with Crippen molar-refractivity contribution in [3.63, 3.8) is 0 Å². The molecule has 1 aliphatic heterocycles. The Bertz CT molecular complexity index is 1480. The molecule has 0 unspecified atom stereocenters. The highest BCUT2D eigenvalue weighted by Gasteiger charge is 2.31. The molecule has 1 saturated carbocycles. The second-order valence-electron chi connectivity index (χ2n) is 9.13. The summed E-state index contributed by atoms with van der Waals surface area (Å²) in [4.78, 5) is 31.0. The lowest BCUT2D eigenvalue weighted by Crippen LogP contribution is -2.35. The summed E-state index contributed by atoms with van der Waals surface area (Å²) in [6, 6.07) is 16.4. The molecule has 2 amide bonds. The van der Waals surface area contributed by atoms with Gasteiger partial charge in [0.2, 0.25) is 5.91 Å². The van der Waals surface area contributed by atoms with Crippen LogP contribution in [0.15, 0.2) is 66.9 Å². The minimum Gasteiger partial charge on any atom is -0.360 e. The molecule has 0 atom stereocenters. The highest BCUT2D eigenvalue weighted by Crippen LogP contribution is 2.33. The Kier molecular flexibility index (Phi) is 4.94. The van der Waals surface area contributed by atoms with E-state index in [0.717, 1.165) is 45.7 Å². The number of carbonyl (C=O) groups is 2. The second-order valence-corrected chi connectivity index (χ2v) is 9.13. The maximum atomic E-state index is 13.6. The fraction of sp³-hybridized carbons (Fsp3) is 0.214. The van der Waals surface area contributed by atoms with Crippen molar-refractivity contribution >= 4 is 44.8 Å². The topological polar surface area (TPSA) is 65.2 Å². The summed E-state index contributed by atoms with van der Waals surface area (Å²) in [6.45, 7) is 1.05. The molecule has 1 aromatic heterocycles. The van der Waals surface area contributed by atoms with Crippen LogP contribution in [0.4, 0.5) is 10.1 Å². The van der Waals surface area contributed by atoms with E-state index in [1.165, 1.54) is 12.1 Å². The summed E-state index contributed by atoms with van der Waals surface area (Å²) in [6.07, 6.45) is 6.48. The van der Waals surface area contributed by atoms with Crippen molar-refractivity contribution in [1.82, 2.24) is 9.88 Å². The van der Waals surface area contributed by atoms with Crippen LogP contribution >= 0.6 is 0 Å². The first-order chi connectivity index (χ1) is 16.6. The molecule has 6 heteroatoms. The van der Waals surface area contributed by atoms with E-state index >= 15 is 0 Å². The van der Waals surface area contributed by atoms with Crippen molar-refractivity contribution < 1.29 is 14.0 Å². The van der Waals surface area contributed by atoms with Crippen molar-refractivity contribution in [3.8, 4) is 0 Å². The number of aromatic nitrogens is 1. The minimum absolute atomic E-state index is 0.0130. The summed E-state index contributed by atoms with van der Waals surface area (Å²) in [5.74, 6) is -0.316. The van der Waals surface area contributed by atoms with E-state index in [4.69, 9.17) is 0 Å². The fourth-order valence-corrected chi connectivity index (χ4v) is 4.73. The highest BCUT2D eigenvalue weighted by molar-refractivity contribution is 6.08. The van der Waals surface area contributed by atoms with E-state index in [-0.39, 0.29) is 23.5 Å². The number of carbonyl (C=O) groups excluding carboxylic acids is 2. The van der Waals surface area contributed by atoms with E-state index in [1.54, 1.807) is 6.07 Å². The molecule has 2 aliphatic rings. The minimum atomic E-state index is -0.268. The summed E-state index contributed by atoms with van der Waals surface area (Å²) >= 11 is 0. The lowest BCUT2D eigenvalue weighted by Gasteiger charge is -2.27. The van der Waals surface area contributed by atoms with Gasteiger partial charge in [-0.05, 0) is 65.9 Å². The number of anilines is 1. The highest BCUT2D eigenvalue weighted by atomic mass is 19.1. The number of H-pyrrole nitrogens is 1. The number of halogens is 1. The number of amides is 2. The Morgan fingerprint density at radius 1 is 1.03 bits per heavy atom. The van der Waals surface area contributed by atoms with E-state index in [0.29, 0.717) is 30.8 Å². The van der Waals surface area contributed by atoms with Crippen molar-refractivity contribution in [1.29, 1.82) is 0 Å². The number of rotatable bonds is 4. The molecule has 3 aromatic carbocycles. The van der Waals surface area contributed by atoms with Gasteiger partial charge in [-0.3, -0.25) is 9.59 Å². The summed E-state index contributed by atoms with van der Waals surface area (Å²) in [7, 11) is 0. The number of nitrogens with one attached hydrogen (secondary N) is 2. The molecule has 6 rings (SSSR count). The smallest absolute Gasteiger partial charge is 0.256 e. The van der Waals surface area contributed by atoms with E-state index in [2.05, 4.69) is 16.4 Å². The monoisotopic (exact) mass is 453 g/mol. The lowest BCUT2D eigenvalue weighted by atomic mass is 9.98. The molecule has 0 saturated heterocycles. The van der Waals surface area contributed by atoms with Crippen LogP contribution < -0.4 is 5.32 Å². The molecular formula is C28H24FN3O2. The number of hydrogen-bond acceptors (Lipinski definition) is 2. The zero-order valence-corrected chi connectivity index (χ0v) is 18.6. The zero-order chi connectivity index (χ0) is 23.2. The number of aromatic amines is 1. The van der Waals surface area contributed by atoms with E-state index in [9.17, 15) is 14.0 Å². The van der Waals surface area contributed by atoms with Gasteiger partial charge in [-0.25, -0.2) is 4.39 Å². The largest absolute Gasteiger partial charge is 0.360 e. The molecule has 2 N–H and O–H groups in total. The average molecular weight is 454 g/mol. The third-order valence-corrected chi connectivity index (χ3v) is 6.81. The number of benzene rings is 3. The van der Waals surface area contributed by atoms with Gasteiger partial charge in [0.15, 0.2) is 0 Å². The van der Waals surface area contributed by atoms with Crippen LogP contribution in [-0.2, 0) is 4.79 Å². The van der Waals surface area contributed by atoms with Gasteiger partial charge in [0.1, 0.15) is 5.82 Å². The van der Waals surface area contributed by atoms with Gasteiger partial charge in [-0.2, -0.15) is 0 Å². The zero-order valence-electron chi connectivity index (χ0n) is 18.6. The molecule has 5 nitrogen and oxygen atoms in total. The quantitative estimate of drug-likeness (QED) is 0.414. The molecule has 170 valence electrons. The standard InChI is InChI=1S/C28H24FN3O2/c29-21-7-8-22-24(16-30-25(22)15-21)17-9-11-32(12-10-17)28(34)23-13-19-3-1-2-4-20(19)14-26(23)31-27(33)18-5-6-18/h1-4,7-9,13-16,18,30H,5-6,10-12H2,(H,31,33). The summed E-state index contributed by atoms with van der Waals surface area (Å²) in [5, 5.41) is 5.94. The third kappa shape index (κ3) is 3.75. The number of fused-ring (bicyclic) bond motifs is 2. The first-order valence-corrected chi connectivity index (χ1v) is 11.7. The predicted molar refractivity (Wildman–Crippen MR) is 132 cm³/mol. The van der Waals surface area contributed by atoms with E-state index in [1.807, 2.05) is 47.5 Å². The Morgan fingerprint density at radius 3 is 2.56 bits per heavy atom. The predicted octanol–water partition coefficient (Wildman–Crippen LogP) is 5.74. The Hall–Kier alpha value is -3.93. The first kappa shape index (κ1) is 20.7. The second kappa shape index (κ2) is 8.13. The van der Waals surface area contributed by atoms with Gasteiger partial charge in [-0.1, -0.05) is 30.3 Å². The normalized spacial score (nSPS) is 16.0. The molecule has 34 heavy (non-hydrogen) atoms. The maximum absolute atomic E-state index is 13.6. The van der Waals surface area contributed by atoms with Crippen LogP contribution in [0.1, 0.15) is 35.2 Å². The van der Waals surface area contributed by atoms with Crippen LogP contribution in [-0.4, -0.2) is 34.8 Å². The fourth-order valence-electron chi connectivity index (χ4n) is 4.73. The van der Waals surface area contributed by atoms with Crippen LogP contribution in [0.25, 0.3) is 27.2 Å². The first-order valence-electron chi connectivity index (χ1n) is 11.7. The van der Waals surface area contributed by atoms with Gasteiger partial charge in [0.05, 0.1) is 11.3 Å². The molecule has 1 fully saturated rings. The summed E-state index contributed by atoms with van der Waals surface area (Å²) in [5.41, 5.74) is 4.05. The molecule has 0 radical (unpaired) electrons. The van der Waals surface area contributed by atoms with Gasteiger partial charge < -0.3 is 15.2 Å². The third-order valence-electron chi connectivity index (χ3n) is 6.81. The SMILES string of the molecule is O=C(Nc1cc2ccccc2cc1C(=O)N1CC=C(c2c[nH]c3cc(F)ccc23)CC1)C1CC1. The molecule has 1 aliphatic carbocycles. The van der Waals surface area contributed by atoms with Crippen molar-refractivity contribution in [2.75, 3.05) is 18.4 Å². The lowest BCUT2D eigenvalue weighted by molar-refractivity contribution is -0.117. The Morgan fingerprint density at radius 2 is 1.82 bits per heavy atom. The van der Waals surface area contributed by atoms with Crippen LogP contribution in [0, 0.1) is 11.7 Å². The van der Waals surface area contributed by atoms with Crippen LogP contribution in [0.3, 0.4) is 0 Å². The Labute approximate surface area is 196 Å². The molecule has 2 heterocycles. The van der Waals surface area contributed by atoms with Gasteiger partial charge in [0, 0.05) is 41.7 Å². The van der Waals surface area contributed by atoms with Crippen molar-refractivity contribution in [2.45, 2.75) is 19.3 Å². The maximum Gasteiger partial charge on any atom is 0.256 e. The molecule has 0 spiro atoms. The Balaban J connectivity index is 1.29. The number of nitrogens with zero attached hydrogens (tertiary/aromatic N) is 1.